The quantitative estimate of drug-likeness (QED) is 0.165. The first-order valence-electron chi connectivity index (χ1n) is 20.5. The largest absolute Gasteiger partial charge is 0.507 e. The minimum Gasteiger partial charge on any atom is -0.507 e. The van der Waals surface area contributed by atoms with E-state index in [2.05, 4.69) is 132 Å². The molecular weight excluding hydrogens is 681 g/mol. The van der Waals surface area contributed by atoms with Crippen LogP contribution in [-0.2, 0) is 52.1 Å². The van der Waals surface area contributed by atoms with Gasteiger partial charge in [0.25, 0.3) is 0 Å². The molecule has 0 spiro atoms. The summed E-state index contributed by atoms with van der Waals surface area (Å²) in [6, 6.07) is 17.9. The van der Waals surface area contributed by atoms with Crippen molar-refractivity contribution in [2.75, 3.05) is 26.4 Å². The van der Waals surface area contributed by atoms with Crippen molar-refractivity contribution in [1.29, 1.82) is 0 Å². The molecule has 0 saturated carbocycles. The number of rotatable bonds is 0. The van der Waals surface area contributed by atoms with Crippen LogP contribution in [-0.4, -0.2) is 36.6 Å². The Morgan fingerprint density at radius 3 is 0.836 bits per heavy atom. The van der Waals surface area contributed by atoms with Gasteiger partial charge in [0.1, 0.15) is 23.0 Å². The van der Waals surface area contributed by atoms with Crippen LogP contribution in [0, 0.1) is 0 Å². The van der Waals surface area contributed by atoms with E-state index >= 15 is 0 Å². The summed E-state index contributed by atoms with van der Waals surface area (Å²) < 4.78 is 19.7. The molecule has 0 radical (unpaired) electrons. The number of phenolic OH excluding ortho intramolecular Hbond substituents is 2. The number of ether oxygens (including phenoxy) is 3. The molecule has 0 fully saturated rings. The van der Waals surface area contributed by atoms with Crippen LogP contribution in [0.3, 0.4) is 0 Å². The number of hydrogen-bond acceptors (Lipinski definition) is 5. The maximum absolute atomic E-state index is 12.4. The second-order valence-electron chi connectivity index (χ2n) is 20.3. The Labute approximate surface area is 331 Å². The highest BCUT2D eigenvalue weighted by Crippen LogP contribution is 2.44. The Balaban J connectivity index is 1.76. The summed E-state index contributed by atoms with van der Waals surface area (Å²) in [5, 5.41) is 24.7. The lowest BCUT2D eigenvalue weighted by Crippen LogP contribution is -2.17. The van der Waals surface area contributed by atoms with Gasteiger partial charge in [0, 0.05) is 51.7 Å². The number of hydrogen-bond donors (Lipinski definition) is 2. The van der Waals surface area contributed by atoms with Crippen LogP contribution in [0.15, 0.2) is 48.5 Å². The van der Waals surface area contributed by atoms with E-state index in [9.17, 15) is 10.2 Å². The molecule has 5 heteroatoms. The van der Waals surface area contributed by atoms with E-state index in [0.29, 0.717) is 63.6 Å². The van der Waals surface area contributed by atoms with Crippen LogP contribution in [0.4, 0.5) is 0 Å². The summed E-state index contributed by atoms with van der Waals surface area (Å²) in [5.74, 6) is 2.33. The van der Waals surface area contributed by atoms with E-state index in [1.807, 2.05) is 0 Å². The zero-order valence-electron chi connectivity index (χ0n) is 35.8. The molecule has 4 aromatic carbocycles. The van der Waals surface area contributed by atoms with E-state index < -0.39 is 0 Å². The van der Waals surface area contributed by atoms with Crippen LogP contribution in [0.1, 0.15) is 163 Å². The fourth-order valence-electron chi connectivity index (χ4n) is 7.79. The number of fused-ring (bicyclic) bond motifs is 2. The SMILES string of the molecule is CC(C)(C)c1cc2c(O)c(c1)Cc1cc(C(C)(C)C)cc3c1OCCCOCCCOc1c(cc(C(C)(C)C)cc1Cc1cc(C(C)(C)C)cc(c1O)C3)C2. The van der Waals surface area contributed by atoms with Gasteiger partial charge in [0.05, 0.1) is 13.2 Å². The average Bonchev–Trinajstić information content (AvgIpc) is 3.06. The molecule has 0 amide bonds. The van der Waals surface area contributed by atoms with E-state index in [4.69, 9.17) is 14.2 Å². The molecular formula is C50H66O5. The first-order valence-corrected chi connectivity index (χ1v) is 20.5. The van der Waals surface area contributed by atoms with Crippen LogP contribution >= 0.6 is 0 Å². The first kappa shape index (κ1) is 40.7. The lowest BCUT2D eigenvalue weighted by molar-refractivity contribution is 0.107. The molecule has 1 aliphatic heterocycles. The summed E-state index contributed by atoms with van der Waals surface area (Å²) in [4.78, 5) is 0. The summed E-state index contributed by atoms with van der Waals surface area (Å²) in [7, 11) is 0. The van der Waals surface area contributed by atoms with Crippen LogP contribution in [0.5, 0.6) is 23.0 Å². The monoisotopic (exact) mass is 746 g/mol. The molecule has 6 rings (SSSR count). The summed E-state index contributed by atoms with van der Waals surface area (Å²) in [6.07, 6.45) is 3.49. The highest BCUT2D eigenvalue weighted by molar-refractivity contribution is 5.59. The molecule has 296 valence electrons. The number of phenols is 2. The van der Waals surface area contributed by atoms with Crippen LogP contribution in [0.2, 0.25) is 0 Å². The second-order valence-corrected chi connectivity index (χ2v) is 20.3. The van der Waals surface area contributed by atoms with Gasteiger partial charge in [-0.1, -0.05) is 132 Å². The lowest BCUT2D eigenvalue weighted by atomic mass is 9.79. The summed E-state index contributed by atoms with van der Waals surface area (Å²) in [5.41, 5.74) is 11.9. The predicted octanol–water partition coefficient (Wildman–Crippen LogP) is 11.5. The molecule has 0 aromatic heterocycles. The van der Waals surface area contributed by atoms with Crippen molar-refractivity contribution in [3.63, 3.8) is 0 Å². The maximum Gasteiger partial charge on any atom is 0.126 e. The zero-order valence-corrected chi connectivity index (χ0v) is 35.8. The van der Waals surface area contributed by atoms with Crippen molar-refractivity contribution in [1.82, 2.24) is 0 Å². The van der Waals surface area contributed by atoms with Crippen molar-refractivity contribution in [3.05, 3.63) is 115 Å². The topological polar surface area (TPSA) is 68.2 Å². The van der Waals surface area contributed by atoms with Crippen molar-refractivity contribution in [2.24, 2.45) is 0 Å². The van der Waals surface area contributed by atoms with Crippen LogP contribution < -0.4 is 9.47 Å². The Bertz CT molecular complexity index is 1800. The summed E-state index contributed by atoms with van der Waals surface area (Å²) >= 11 is 0. The van der Waals surface area contributed by atoms with Gasteiger partial charge in [-0.25, -0.2) is 0 Å². The lowest BCUT2D eigenvalue weighted by Gasteiger charge is -2.28. The number of benzene rings is 4. The fourth-order valence-corrected chi connectivity index (χ4v) is 7.79. The first-order chi connectivity index (χ1) is 25.6. The van der Waals surface area contributed by atoms with Gasteiger partial charge in [-0.2, -0.15) is 0 Å². The molecule has 2 N–H and O–H groups in total. The van der Waals surface area contributed by atoms with Crippen molar-refractivity contribution >= 4 is 0 Å². The van der Waals surface area contributed by atoms with Crippen molar-refractivity contribution in [3.8, 4) is 23.0 Å². The molecule has 2 aliphatic rings. The molecule has 0 unspecified atom stereocenters. The van der Waals surface area contributed by atoms with Gasteiger partial charge in [-0.05, 0) is 88.4 Å². The highest BCUT2D eigenvalue weighted by Gasteiger charge is 2.28. The van der Waals surface area contributed by atoms with Gasteiger partial charge in [-0.3, -0.25) is 0 Å². The predicted molar refractivity (Wildman–Crippen MR) is 226 cm³/mol. The molecule has 10 bridgehead atoms. The summed E-state index contributed by atoms with van der Waals surface area (Å²) in [6.45, 7) is 29.1. The molecule has 0 atom stereocenters. The van der Waals surface area contributed by atoms with E-state index in [0.717, 1.165) is 68.8 Å². The maximum atomic E-state index is 12.4. The third-order valence-electron chi connectivity index (χ3n) is 11.4. The molecule has 55 heavy (non-hydrogen) atoms. The highest BCUT2D eigenvalue weighted by atomic mass is 16.5. The van der Waals surface area contributed by atoms with E-state index in [1.165, 1.54) is 22.3 Å². The van der Waals surface area contributed by atoms with Gasteiger partial charge in [0.2, 0.25) is 0 Å². The second kappa shape index (κ2) is 15.2. The third kappa shape index (κ3) is 9.20. The van der Waals surface area contributed by atoms with Crippen LogP contribution in [0.25, 0.3) is 0 Å². The van der Waals surface area contributed by atoms with Gasteiger partial charge in [-0.15, -0.1) is 0 Å². The molecule has 5 nitrogen and oxygen atoms in total. The standard InChI is InChI=1S/C50H66O5/c1-47(2,3)39-23-31-19-35-27-41(49(7,8)9)29-37-21-33-25-40(48(4,5)6)26-34(44(33)52)22-38-30-42(50(10,11)12)28-36(20-32(24-39)43(31)51)46(38)55-18-14-16-53-15-13-17-54-45(35)37/h23-30,51-52H,13-22H2,1-12H3. The Hall–Kier alpha value is -3.96. The minimum atomic E-state index is -0.144. The van der Waals surface area contributed by atoms with Gasteiger partial charge >= 0.3 is 0 Å². The van der Waals surface area contributed by atoms with Crippen molar-refractivity contribution < 1.29 is 24.4 Å². The zero-order chi connectivity index (χ0) is 40.1. The van der Waals surface area contributed by atoms with Crippen molar-refractivity contribution in [2.45, 2.75) is 143 Å². The Morgan fingerprint density at radius 2 is 0.600 bits per heavy atom. The fraction of sp³-hybridized carbons (Fsp3) is 0.520. The average molecular weight is 747 g/mol. The third-order valence-corrected chi connectivity index (χ3v) is 11.4. The molecule has 1 heterocycles. The van der Waals surface area contributed by atoms with E-state index in [1.54, 1.807) is 0 Å². The molecule has 0 saturated heterocycles. The Kier molecular flexibility index (Phi) is 11.2. The smallest absolute Gasteiger partial charge is 0.126 e. The Morgan fingerprint density at radius 1 is 0.364 bits per heavy atom. The van der Waals surface area contributed by atoms with E-state index in [-0.39, 0.29) is 21.7 Å². The molecule has 1 aliphatic carbocycles. The van der Waals surface area contributed by atoms with Gasteiger partial charge < -0.3 is 24.4 Å². The van der Waals surface area contributed by atoms with Gasteiger partial charge in [0.15, 0.2) is 0 Å². The normalized spacial score (nSPS) is 16.0. The minimum absolute atomic E-state index is 0.143. The molecule has 4 aromatic rings. The number of aromatic hydroxyl groups is 2.